The summed E-state index contributed by atoms with van der Waals surface area (Å²) in [6, 6.07) is 18.3. The molecule has 17 heteroatoms. The maximum atomic E-state index is 8.23. The summed E-state index contributed by atoms with van der Waals surface area (Å²) in [5.74, 6) is 2.29. The molecule has 4 aromatic rings. The SMILES string of the molecule is C1CCOC1.CC1=NNC(c2ccccn2)=NN1.CCO.Cc1nnc(-c2ccccn2)nn1.Cl.N#Cc1ccccn1.[CH2+]C(=N)N. The highest BCUT2D eigenvalue weighted by Gasteiger charge is 2.07. The number of aryl methyl sites for hydroxylation is 1. The number of hydrogen-bond acceptors (Lipinski definition) is 15. The Morgan fingerprint density at radius 2 is 1.40 bits per heavy atom. The highest BCUT2D eigenvalue weighted by atomic mass is 35.5. The molecule has 0 atom stereocenters. The third-order valence-corrected chi connectivity index (χ3v) is 4.65. The molecule has 0 amide bonds. The first-order valence-corrected chi connectivity index (χ1v) is 14.0. The van der Waals surface area contributed by atoms with Crippen LogP contribution in [0.25, 0.3) is 11.5 Å². The van der Waals surface area contributed by atoms with Crippen LogP contribution in [0.5, 0.6) is 0 Å². The zero-order valence-corrected chi connectivity index (χ0v) is 27.3. The molecule has 1 fully saturated rings. The van der Waals surface area contributed by atoms with Gasteiger partial charge in [0.1, 0.15) is 35.9 Å². The van der Waals surface area contributed by atoms with Crippen LogP contribution in [0, 0.1) is 30.6 Å². The topological polar surface area (TPSA) is 242 Å². The second-order valence-electron chi connectivity index (χ2n) is 8.57. The van der Waals surface area contributed by atoms with Crippen molar-refractivity contribution in [1.82, 2.24) is 46.2 Å². The molecule has 47 heavy (non-hydrogen) atoms. The van der Waals surface area contributed by atoms with Crippen molar-refractivity contribution >= 4 is 29.9 Å². The van der Waals surface area contributed by atoms with Crippen LogP contribution in [0.4, 0.5) is 0 Å². The molecule has 6 N–H and O–H groups in total. The van der Waals surface area contributed by atoms with E-state index in [4.69, 9.17) is 20.5 Å². The molecular formula is C30H40ClN14O2+. The number of rotatable bonds is 2. The monoisotopic (exact) mass is 663 g/mol. The van der Waals surface area contributed by atoms with Gasteiger partial charge in [-0.2, -0.15) is 15.5 Å². The quantitative estimate of drug-likeness (QED) is 0.118. The number of ether oxygens (including phenoxy) is 1. The summed E-state index contributed by atoms with van der Waals surface area (Å²) in [4.78, 5) is 11.9. The Morgan fingerprint density at radius 1 is 0.894 bits per heavy atom. The molecule has 4 aromatic heterocycles. The Morgan fingerprint density at radius 3 is 1.77 bits per heavy atom. The fourth-order valence-corrected chi connectivity index (χ4v) is 2.76. The summed E-state index contributed by atoms with van der Waals surface area (Å²) < 4.78 is 4.94. The van der Waals surface area contributed by atoms with Gasteiger partial charge in [-0.05, 0) is 70.0 Å². The molecule has 0 saturated carbocycles. The summed E-state index contributed by atoms with van der Waals surface area (Å²) in [5, 5.41) is 45.3. The number of hydrogen-bond donors (Lipinski definition) is 5. The van der Waals surface area contributed by atoms with Crippen molar-refractivity contribution in [3.63, 3.8) is 0 Å². The molecule has 0 bridgehead atoms. The number of aliphatic hydroxyl groups excluding tert-OH is 1. The van der Waals surface area contributed by atoms with Gasteiger partial charge in [-0.25, -0.2) is 10.4 Å². The molecule has 0 spiro atoms. The summed E-state index contributed by atoms with van der Waals surface area (Å²) in [6.07, 6.45) is 7.54. The fourth-order valence-electron chi connectivity index (χ4n) is 2.76. The van der Waals surface area contributed by atoms with E-state index in [-0.39, 0.29) is 24.8 Å². The van der Waals surface area contributed by atoms with Gasteiger partial charge in [0.25, 0.3) is 5.84 Å². The standard InChI is InChI=1S/C8H9N5.C8H7N5.C6H4N2.C4H8O.C2H5N2.C2H6O.ClH/c2*1-6-10-12-8(13-11-6)7-4-2-3-5-9-7;7-5-6-3-1-2-4-8-6;1-2-4-5-3-1;1-2(3)4;1-2-3;/h2-5H,1H3,(H,10,11)(H,12,13);2-5H,1H3;1-4H;1-4H2;1H2,(H3,3,4);3H,2H2,1H3;1H/q;;;;+1;;. The molecule has 0 radical (unpaired) electrons. The zero-order chi connectivity index (χ0) is 33.8. The lowest BCUT2D eigenvalue weighted by Gasteiger charge is -2.11. The van der Waals surface area contributed by atoms with Crippen molar-refractivity contribution in [2.45, 2.75) is 33.6 Å². The lowest BCUT2D eigenvalue weighted by atomic mass is 10.3. The number of amidine groups is 3. The molecule has 2 aliphatic heterocycles. The van der Waals surface area contributed by atoms with Gasteiger partial charge < -0.3 is 15.6 Å². The van der Waals surface area contributed by atoms with Crippen LogP contribution in [0.1, 0.15) is 43.9 Å². The minimum absolute atomic E-state index is 0. The third kappa shape index (κ3) is 20.9. The van der Waals surface area contributed by atoms with E-state index in [1.165, 1.54) is 12.8 Å². The molecule has 16 nitrogen and oxygen atoms in total. The van der Waals surface area contributed by atoms with E-state index in [0.717, 1.165) is 24.7 Å². The summed E-state index contributed by atoms with van der Waals surface area (Å²) in [7, 11) is 0. The van der Waals surface area contributed by atoms with E-state index in [9.17, 15) is 0 Å². The molecule has 0 aromatic carbocycles. The molecule has 0 aliphatic carbocycles. The number of hydrazone groups is 2. The Bertz CT molecular complexity index is 1460. The average Bonchev–Trinajstić information content (AvgIpc) is 3.68. The molecular weight excluding hydrogens is 624 g/mol. The van der Waals surface area contributed by atoms with Crippen molar-refractivity contribution < 1.29 is 9.84 Å². The van der Waals surface area contributed by atoms with Gasteiger partial charge in [0.05, 0.1) is 0 Å². The minimum Gasteiger partial charge on any atom is -0.397 e. The van der Waals surface area contributed by atoms with Gasteiger partial charge >= 0.3 is 0 Å². The van der Waals surface area contributed by atoms with Crippen molar-refractivity contribution in [3.05, 3.63) is 97.3 Å². The van der Waals surface area contributed by atoms with Crippen LogP contribution in [-0.4, -0.2) is 77.8 Å². The number of pyridine rings is 3. The second kappa shape index (κ2) is 26.7. The molecule has 6 heterocycles. The Balaban J connectivity index is 0.000000581. The minimum atomic E-state index is -0.0833. The number of nitrogens with zero attached hydrogens (tertiary/aromatic N) is 10. The van der Waals surface area contributed by atoms with Crippen LogP contribution in [0.2, 0.25) is 0 Å². The molecule has 0 unspecified atom stereocenters. The van der Waals surface area contributed by atoms with Crippen LogP contribution in [0.3, 0.4) is 0 Å². The van der Waals surface area contributed by atoms with E-state index in [1.807, 2.05) is 49.4 Å². The molecule has 248 valence electrons. The van der Waals surface area contributed by atoms with Crippen molar-refractivity contribution in [2.24, 2.45) is 15.9 Å². The summed E-state index contributed by atoms with van der Waals surface area (Å²) in [6.45, 7) is 10.5. The predicted octanol–water partition coefficient (Wildman–Crippen LogP) is 2.83. The third-order valence-electron chi connectivity index (χ3n) is 4.65. The number of halogens is 1. The molecule has 2 aliphatic rings. The van der Waals surface area contributed by atoms with Gasteiger partial charge in [0.2, 0.25) is 5.82 Å². The second-order valence-corrected chi connectivity index (χ2v) is 8.57. The Labute approximate surface area is 280 Å². The van der Waals surface area contributed by atoms with E-state index in [1.54, 1.807) is 50.6 Å². The van der Waals surface area contributed by atoms with Crippen LogP contribution < -0.4 is 16.6 Å². The van der Waals surface area contributed by atoms with E-state index in [2.05, 4.69) is 69.1 Å². The number of nitriles is 1. The molecule has 1 saturated heterocycles. The van der Waals surface area contributed by atoms with Crippen molar-refractivity contribution in [3.8, 4) is 17.6 Å². The predicted molar refractivity (Wildman–Crippen MR) is 182 cm³/mol. The first kappa shape index (κ1) is 41.4. The number of aliphatic hydroxyl groups is 1. The number of aromatic nitrogens is 7. The summed E-state index contributed by atoms with van der Waals surface area (Å²) in [5.41, 5.74) is 12.1. The van der Waals surface area contributed by atoms with Crippen molar-refractivity contribution in [1.29, 1.82) is 10.7 Å². The number of nitrogens with two attached hydrogens (primary N) is 1. The van der Waals surface area contributed by atoms with Crippen LogP contribution in [0.15, 0.2) is 83.4 Å². The first-order valence-electron chi connectivity index (χ1n) is 14.0. The van der Waals surface area contributed by atoms with Gasteiger partial charge in [0.15, 0.2) is 11.7 Å². The van der Waals surface area contributed by atoms with Crippen LogP contribution >= 0.6 is 12.4 Å². The maximum absolute atomic E-state index is 8.23. The fraction of sp³-hybridized carbons (Fsp3) is 0.267. The maximum Gasteiger partial charge on any atom is 0.278 e. The van der Waals surface area contributed by atoms with Gasteiger partial charge in [0, 0.05) is 38.4 Å². The largest absolute Gasteiger partial charge is 0.397 e. The average molecular weight is 664 g/mol. The first-order chi connectivity index (χ1) is 22.3. The van der Waals surface area contributed by atoms with E-state index >= 15 is 0 Å². The Kier molecular flexibility index (Phi) is 23.5. The van der Waals surface area contributed by atoms with Gasteiger partial charge in [-0.15, -0.1) is 32.8 Å². The van der Waals surface area contributed by atoms with E-state index < -0.39 is 0 Å². The van der Waals surface area contributed by atoms with Crippen LogP contribution in [-0.2, 0) is 4.74 Å². The normalized spacial score (nSPS) is 11.7. The van der Waals surface area contributed by atoms with Crippen molar-refractivity contribution in [2.75, 3.05) is 19.8 Å². The van der Waals surface area contributed by atoms with Gasteiger partial charge in [-0.3, -0.25) is 20.8 Å². The number of nitrogens with one attached hydrogen (secondary N) is 3. The van der Waals surface area contributed by atoms with E-state index in [0.29, 0.717) is 28.9 Å². The lowest BCUT2D eigenvalue weighted by Crippen LogP contribution is -2.32. The summed E-state index contributed by atoms with van der Waals surface area (Å²) >= 11 is 0. The lowest BCUT2D eigenvalue weighted by molar-refractivity contribution is 0.198. The highest BCUT2D eigenvalue weighted by Crippen LogP contribution is 2.06. The smallest absolute Gasteiger partial charge is 0.278 e. The Hall–Kier alpha value is -5.63. The molecule has 6 rings (SSSR count). The zero-order valence-electron chi connectivity index (χ0n) is 26.5. The highest BCUT2D eigenvalue weighted by molar-refractivity contribution is 5.99. The van der Waals surface area contributed by atoms with Gasteiger partial charge in [-0.1, -0.05) is 18.2 Å².